The van der Waals surface area contributed by atoms with Gasteiger partial charge in [0, 0.05) is 44.0 Å². The van der Waals surface area contributed by atoms with Crippen molar-refractivity contribution in [2.24, 2.45) is 11.8 Å². The summed E-state index contributed by atoms with van der Waals surface area (Å²) in [5.41, 5.74) is 0.902. The van der Waals surface area contributed by atoms with Gasteiger partial charge in [0.15, 0.2) is 0 Å². The Kier molecular flexibility index (Phi) is 5.27. The molecule has 3 aliphatic rings. The number of likely N-dealkylation sites (tertiary alicyclic amines) is 1. The number of carbonyl (C=O) groups is 3. The van der Waals surface area contributed by atoms with E-state index < -0.39 is 11.0 Å². The predicted octanol–water partition coefficient (Wildman–Crippen LogP) is 1.58. The number of nitro groups is 1. The van der Waals surface area contributed by atoms with Gasteiger partial charge in [-0.25, -0.2) is 0 Å². The Morgan fingerprint density at radius 2 is 1.53 bits per heavy atom. The van der Waals surface area contributed by atoms with E-state index in [9.17, 15) is 24.5 Å². The number of imide groups is 1. The van der Waals surface area contributed by atoms with Crippen LogP contribution in [-0.4, -0.2) is 64.7 Å². The minimum absolute atomic E-state index is 0.0390. The second kappa shape index (κ2) is 7.89. The summed E-state index contributed by atoms with van der Waals surface area (Å²) in [6.45, 7) is 3.71. The van der Waals surface area contributed by atoms with E-state index in [4.69, 9.17) is 0 Å². The SMILES string of the molecule is C[C@@H](C(=O)N1CCN(c2ccc([N+](=O)[O-])cc2)CC1)N1C(=O)[C@@H]2CC=CC[C@H]2C1=O. The second-order valence-electron chi connectivity index (χ2n) is 7.96. The fraction of sp³-hybridized carbons (Fsp3) is 0.476. The maximum absolute atomic E-state index is 13.0. The molecule has 3 amide bonds. The number of nitro benzene ring substituents is 1. The standard InChI is InChI=1S/C21H24N4O5/c1-14(24-20(27)17-4-2-3-5-18(17)21(24)28)19(26)23-12-10-22(11-13-23)15-6-8-16(9-7-15)25(29)30/h2-3,6-9,14,17-18H,4-5,10-13H2,1H3/t14-,17+,18+/m0/s1. The van der Waals surface area contributed by atoms with Crippen LogP contribution >= 0.6 is 0 Å². The van der Waals surface area contributed by atoms with Crippen molar-refractivity contribution < 1.29 is 19.3 Å². The molecule has 2 aliphatic heterocycles. The minimum Gasteiger partial charge on any atom is -0.368 e. The number of benzene rings is 1. The Hall–Kier alpha value is -3.23. The lowest BCUT2D eigenvalue weighted by molar-refractivity contribution is -0.384. The number of nitrogens with zero attached hydrogens (tertiary/aromatic N) is 4. The van der Waals surface area contributed by atoms with Gasteiger partial charge < -0.3 is 9.80 Å². The number of piperazine rings is 1. The average Bonchev–Trinajstić information content (AvgIpc) is 3.03. The van der Waals surface area contributed by atoms with Gasteiger partial charge in [-0.15, -0.1) is 0 Å². The third kappa shape index (κ3) is 3.44. The smallest absolute Gasteiger partial charge is 0.269 e. The van der Waals surface area contributed by atoms with Crippen molar-refractivity contribution in [2.75, 3.05) is 31.1 Å². The number of rotatable bonds is 4. The van der Waals surface area contributed by atoms with Crippen molar-refractivity contribution in [2.45, 2.75) is 25.8 Å². The zero-order valence-electron chi connectivity index (χ0n) is 16.8. The van der Waals surface area contributed by atoms with Crippen molar-refractivity contribution in [3.05, 3.63) is 46.5 Å². The van der Waals surface area contributed by atoms with E-state index in [2.05, 4.69) is 4.90 Å². The minimum atomic E-state index is -0.804. The quantitative estimate of drug-likeness (QED) is 0.322. The van der Waals surface area contributed by atoms with Gasteiger partial charge in [-0.2, -0.15) is 0 Å². The Morgan fingerprint density at radius 1 is 1.00 bits per heavy atom. The third-order valence-electron chi connectivity index (χ3n) is 6.30. The summed E-state index contributed by atoms with van der Waals surface area (Å²) in [7, 11) is 0. The number of hydrogen-bond acceptors (Lipinski definition) is 6. The first kappa shape index (κ1) is 20.1. The van der Waals surface area contributed by atoms with Crippen molar-refractivity contribution in [3.63, 3.8) is 0 Å². The van der Waals surface area contributed by atoms with Crippen molar-refractivity contribution in [1.82, 2.24) is 9.80 Å². The van der Waals surface area contributed by atoms with Crippen molar-refractivity contribution in [3.8, 4) is 0 Å². The maximum atomic E-state index is 13.0. The topological polar surface area (TPSA) is 104 Å². The molecule has 3 atom stereocenters. The normalized spacial score (nSPS) is 24.8. The highest BCUT2D eigenvalue weighted by Crippen LogP contribution is 2.36. The van der Waals surface area contributed by atoms with Crippen LogP contribution < -0.4 is 4.90 Å². The maximum Gasteiger partial charge on any atom is 0.269 e. The van der Waals surface area contributed by atoms with Gasteiger partial charge in [0.1, 0.15) is 6.04 Å². The molecule has 158 valence electrons. The molecule has 0 aromatic heterocycles. The molecule has 2 heterocycles. The molecule has 0 radical (unpaired) electrons. The largest absolute Gasteiger partial charge is 0.368 e. The number of fused-ring (bicyclic) bond motifs is 1. The highest BCUT2D eigenvalue weighted by molar-refractivity contribution is 6.08. The van der Waals surface area contributed by atoms with Crippen LogP contribution in [0.15, 0.2) is 36.4 Å². The number of hydrogen-bond donors (Lipinski definition) is 0. The first-order valence-electron chi connectivity index (χ1n) is 10.2. The fourth-order valence-electron chi connectivity index (χ4n) is 4.55. The van der Waals surface area contributed by atoms with Crippen molar-refractivity contribution in [1.29, 1.82) is 0 Å². The van der Waals surface area contributed by atoms with E-state index in [0.717, 1.165) is 5.69 Å². The van der Waals surface area contributed by atoms with E-state index >= 15 is 0 Å². The summed E-state index contributed by atoms with van der Waals surface area (Å²) in [5, 5.41) is 10.8. The Bertz CT molecular complexity index is 878. The number of allylic oxidation sites excluding steroid dienone is 2. The van der Waals surface area contributed by atoms with Gasteiger partial charge in [0.05, 0.1) is 16.8 Å². The Labute approximate surface area is 174 Å². The molecule has 1 aliphatic carbocycles. The molecule has 2 fully saturated rings. The summed E-state index contributed by atoms with van der Waals surface area (Å²) in [4.78, 5) is 53.8. The number of anilines is 1. The van der Waals surface area contributed by atoms with E-state index in [0.29, 0.717) is 39.0 Å². The van der Waals surface area contributed by atoms with Gasteiger partial charge in [-0.3, -0.25) is 29.4 Å². The van der Waals surface area contributed by atoms with Crippen LogP contribution in [-0.2, 0) is 14.4 Å². The fourth-order valence-corrected chi connectivity index (χ4v) is 4.55. The van der Waals surface area contributed by atoms with Crippen LogP contribution in [0.5, 0.6) is 0 Å². The number of carbonyl (C=O) groups excluding carboxylic acids is 3. The molecule has 4 rings (SSSR count). The molecule has 9 heteroatoms. The van der Waals surface area contributed by atoms with Crippen molar-refractivity contribution >= 4 is 29.1 Å². The molecular weight excluding hydrogens is 388 g/mol. The molecular formula is C21H24N4O5. The predicted molar refractivity (Wildman–Crippen MR) is 109 cm³/mol. The highest BCUT2D eigenvalue weighted by atomic mass is 16.6. The number of amides is 3. The summed E-state index contributed by atoms with van der Waals surface area (Å²) in [6, 6.07) is 5.54. The summed E-state index contributed by atoms with van der Waals surface area (Å²) >= 11 is 0. The third-order valence-corrected chi connectivity index (χ3v) is 6.30. The van der Waals surface area contributed by atoms with E-state index in [1.54, 1.807) is 24.0 Å². The zero-order valence-corrected chi connectivity index (χ0v) is 16.8. The van der Waals surface area contributed by atoms with Gasteiger partial charge >= 0.3 is 0 Å². The lowest BCUT2D eigenvalue weighted by Crippen LogP contribution is -2.55. The first-order chi connectivity index (χ1) is 14.4. The van der Waals surface area contributed by atoms with Gasteiger partial charge in [0.25, 0.3) is 5.69 Å². The molecule has 1 aromatic carbocycles. The summed E-state index contributed by atoms with van der Waals surface area (Å²) < 4.78 is 0. The van der Waals surface area contributed by atoms with Gasteiger partial charge in [0.2, 0.25) is 17.7 Å². The lowest BCUT2D eigenvalue weighted by Gasteiger charge is -2.38. The molecule has 0 bridgehead atoms. The van der Waals surface area contributed by atoms with Crippen LogP contribution in [0.1, 0.15) is 19.8 Å². The van der Waals surface area contributed by atoms with Gasteiger partial charge in [-0.05, 0) is 31.9 Å². The molecule has 2 saturated heterocycles. The first-order valence-corrected chi connectivity index (χ1v) is 10.2. The van der Waals surface area contributed by atoms with Gasteiger partial charge in [-0.1, -0.05) is 12.2 Å². The monoisotopic (exact) mass is 412 g/mol. The average molecular weight is 412 g/mol. The Balaban J connectivity index is 1.37. The highest BCUT2D eigenvalue weighted by Gasteiger charge is 2.50. The van der Waals surface area contributed by atoms with Crippen LogP contribution in [0.3, 0.4) is 0 Å². The Morgan fingerprint density at radius 3 is 2.03 bits per heavy atom. The molecule has 0 spiro atoms. The number of non-ortho nitro benzene ring substituents is 1. The second-order valence-corrected chi connectivity index (χ2v) is 7.96. The van der Waals surface area contributed by atoms with Crippen LogP contribution in [0.4, 0.5) is 11.4 Å². The summed E-state index contributed by atoms with van der Waals surface area (Å²) in [6.07, 6.45) is 4.97. The molecule has 0 N–H and O–H groups in total. The van der Waals surface area contributed by atoms with E-state index in [1.165, 1.54) is 17.0 Å². The van der Waals surface area contributed by atoms with Crippen LogP contribution in [0, 0.1) is 22.0 Å². The molecule has 0 unspecified atom stereocenters. The van der Waals surface area contributed by atoms with Crippen LogP contribution in [0.2, 0.25) is 0 Å². The molecule has 0 saturated carbocycles. The van der Waals surface area contributed by atoms with E-state index in [1.807, 2.05) is 12.2 Å². The molecule has 30 heavy (non-hydrogen) atoms. The van der Waals surface area contributed by atoms with E-state index in [-0.39, 0.29) is 35.2 Å². The van der Waals surface area contributed by atoms with Crippen LogP contribution in [0.25, 0.3) is 0 Å². The zero-order chi connectivity index (χ0) is 21.4. The molecule has 1 aromatic rings. The molecule has 9 nitrogen and oxygen atoms in total. The summed E-state index contributed by atoms with van der Waals surface area (Å²) in [5.74, 6) is -1.36. The lowest BCUT2D eigenvalue weighted by atomic mass is 9.85.